The van der Waals surface area contributed by atoms with Crippen LogP contribution in [0.5, 0.6) is 5.75 Å². The lowest BCUT2D eigenvalue weighted by molar-refractivity contribution is -0.118. The van der Waals surface area contributed by atoms with Gasteiger partial charge >= 0.3 is 0 Å². The van der Waals surface area contributed by atoms with E-state index < -0.39 is 0 Å². The highest BCUT2D eigenvalue weighted by molar-refractivity contribution is 6.03. The number of hydrogen-bond donors (Lipinski definition) is 2. The second kappa shape index (κ2) is 5.37. The van der Waals surface area contributed by atoms with Gasteiger partial charge in [0, 0.05) is 25.2 Å². The quantitative estimate of drug-likeness (QED) is 0.804. The highest BCUT2D eigenvalue weighted by atomic mass is 16.5. The molecule has 1 aromatic carbocycles. The Morgan fingerprint density at radius 1 is 1.29 bits per heavy atom. The van der Waals surface area contributed by atoms with Gasteiger partial charge in [-0.25, -0.2) is 0 Å². The summed E-state index contributed by atoms with van der Waals surface area (Å²) in [6.45, 7) is 5.41. The van der Waals surface area contributed by atoms with E-state index in [-0.39, 0.29) is 30.5 Å². The molecule has 0 radical (unpaired) electrons. The van der Waals surface area contributed by atoms with Gasteiger partial charge < -0.3 is 20.3 Å². The Bertz CT molecular complexity index is 578. The molecule has 2 N–H and O–H groups in total. The largest absolute Gasteiger partial charge is 0.481 e. The van der Waals surface area contributed by atoms with Crippen LogP contribution < -0.4 is 15.4 Å². The van der Waals surface area contributed by atoms with Crippen molar-refractivity contribution in [2.75, 3.05) is 25.0 Å². The predicted octanol–water partition coefficient (Wildman–Crippen LogP) is 0.840. The van der Waals surface area contributed by atoms with Crippen LogP contribution in [0.15, 0.2) is 18.2 Å². The van der Waals surface area contributed by atoms with Crippen LogP contribution in [0.25, 0.3) is 0 Å². The molecule has 21 heavy (non-hydrogen) atoms. The van der Waals surface area contributed by atoms with Gasteiger partial charge in [-0.05, 0) is 26.0 Å². The summed E-state index contributed by atoms with van der Waals surface area (Å²) in [4.78, 5) is 25.9. The van der Waals surface area contributed by atoms with E-state index in [0.717, 1.165) is 0 Å². The molecular formula is C15H19N3O3. The summed E-state index contributed by atoms with van der Waals surface area (Å²) in [5, 5.41) is 6.13. The zero-order chi connectivity index (χ0) is 15.0. The van der Waals surface area contributed by atoms with E-state index in [9.17, 15) is 9.59 Å². The topological polar surface area (TPSA) is 70.7 Å². The molecule has 0 bridgehead atoms. The first-order chi connectivity index (χ1) is 10.0. The monoisotopic (exact) mass is 289 g/mol. The molecule has 6 heteroatoms. The molecule has 0 spiro atoms. The van der Waals surface area contributed by atoms with Gasteiger partial charge in [0.15, 0.2) is 12.4 Å². The summed E-state index contributed by atoms with van der Waals surface area (Å²) in [5.41, 5.74) is 1.07. The Hall–Kier alpha value is -2.08. The van der Waals surface area contributed by atoms with Crippen molar-refractivity contribution in [1.82, 2.24) is 10.2 Å². The van der Waals surface area contributed by atoms with Gasteiger partial charge in [0.05, 0.1) is 11.3 Å². The number of piperazine rings is 1. The van der Waals surface area contributed by atoms with Crippen molar-refractivity contribution in [2.45, 2.75) is 25.9 Å². The first-order valence-electron chi connectivity index (χ1n) is 7.15. The van der Waals surface area contributed by atoms with E-state index in [1.165, 1.54) is 0 Å². The zero-order valence-electron chi connectivity index (χ0n) is 12.2. The summed E-state index contributed by atoms with van der Waals surface area (Å²) in [6.07, 6.45) is 0. The number of ether oxygens (including phenoxy) is 1. The lowest BCUT2D eigenvalue weighted by Gasteiger charge is -2.36. The first kappa shape index (κ1) is 13.9. The van der Waals surface area contributed by atoms with Crippen LogP contribution in [-0.2, 0) is 4.79 Å². The molecule has 1 saturated heterocycles. The number of anilines is 1. The van der Waals surface area contributed by atoms with E-state index in [4.69, 9.17) is 4.74 Å². The molecule has 3 rings (SSSR count). The van der Waals surface area contributed by atoms with E-state index in [2.05, 4.69) is 24.5 Å². The second-order valence-corrected chi connectivity index (χ2v) is 5.70. The lowest BCUT2D eigenvalue weighted by atomic mass is 10.1. The third-order valence-electron chi connectivity index (χ3n) is 3.71. The number of rotatable bonds is 1. The highest BCUT2D eigenvalue weighted by Crippen LogP contribution is 2.32. The summed E-state index contributed by atoms with van der Waals surface area (Å²) in [6, 6.07) is 5.77. The standard InChI is InChI=1S/C15H19N3O3/c1-9-6-18(7-10(2)16-9)15(20)11-4-3-5-12-14(11)21-8-13(19)17-12/h3-5,9-10,16H,6-8H2,1-2H3,(H,17,19)/t9-,10-/m0/s1. The van der Waals surface area contributed by atoms with Gasteiger partial charge in [0.2, 0.25) is 0 Å². The van der Waals surface area contributed by atoms with Crippen molar-refractivity contribution in [3.8, 4) is 5.75 Å². The highest BCUT2D eigenvalue weighted by Gasteiger charge is 2.29. The Kier molecular flexibility index (Phi) is 3.55. The minimum absolute atomic E-state index is 0.0499. The Morgan fingerprint density at radius 2 is 2.00 bits per heavy atom. The predicted molar refractivity (Wildman–Crippen MR) is 78.5 cm³/mol. The molecule has 0 unspecified atom stereocenters. The average molecular weight is 289 g/mol. The maximum Gasteiger partial charge on any atom is 0.262 e. The number of fused-ring (bicyclic) bond motifs is 1. The maximum absolute atomic E-state index is 12.7. The third-order valence-corrected chi connectivity index (χ3v) is 3.71. The summed E-state index contributed by atoms with van der Waals surface area (Å²) in [5.74, 6) is 0.223. The van der Waals surface area contributed by atoms with Crippen molar-refractivity contribution in [3.63, 3.8) is 0 Å². The maximum atomic E-state index is 12.7. The molecular weight excluding hydrogens is 270 g/mol. The smallest absolute Gasteiger partial charge is 0.262 e. The number of hydrogen-bond acceptors (Lipinski definition) is 4. The normalized spacial score (nSPS) is 24.9. The van der Waals surface area contributed by atoms with Gasteiger partial charge in [-0.1, -0.05) is 6.07 Å². The molecule has 2 aliphatic rings. The molecule has 0 saturated carbocycles. The molecule has 1 fully saturated rings. The molecule has 112 valence electrons. The van der Waals surface area contributed by atoms with Crippen LogP contribution >= 0.6 is 0 Å². The van der Waals surface area contributed by atoms with Gasteiger partial charge in [0.1, 0.15) is 0 Å². The zero-order valence-corrected chi connectivity index (χ0v) is 12.2. The fourth-order valence-electron chi connectivity index (χ4n) is 2.95. The number of carbonyl (C=O) groups is 2. The van der Waals surface area contributed by atoms with E-state index >= 15 is 0 Å². The van der Waals surface area contributed by atoms with Crippen LogP contribution in [0.1, 0.15) is 24.2 Å². The van der Waals surface area contributed by atoms with Crippen LogP contribution in [0.4, 0.5) is 5.69 Å². The Balaban J connectivity index is 1.88. The fraction of sp³-hybridized carbons (Fsp3) is 0.467. The Labute approximate surface area is 123 Å². The van der Waals surface area contributed by atoms with Gasteiger partial charge in [-0.2, -0.15) is 0 Å². The van der Waals surface area contributed by atoms with Crippen molar-refractivity contribution < 1.29 is 14.3 Å². The number of amides is 2. The lowest BCUT2D eigenvalue weighted by Crippen LogP contribution is -2.55. The molecule has 1 aromatic rings. The van der Waals surface area contributed by atoms with Gasteiger partial charge in [-0.3, -0.25) is 9.59 Å². The Morgan fingerprint density at radius 3 is 2.71 bits per heavy atom. The molecule has 6 nitrogen and oxygen atoms in total. The van der Waals surface area contributed by atoms with E-state index in [1.807, 2.05) is 4.90 Å². The van der Waals surface area contributed by atoms with Crippen molar-refractivity contribution in [3.05, 3.63) is 23.8 Å². The number of para-hydroxylation sites is 1. The molecule has 2 heterocycles. The molecule has 2 aliphatic heterocycles. The number of nitrogens with zero attached hydrogens (tertiary/aromatic N) is 1. The first-order valence-corrected chi connectivity index (χ1v) is 7.15. The number of carbonyl (C=O) groups excluding carboxylic acids is 2. The molecule has 0 aliphatic carbocycles. The minimum atomic E-state index is -0.198. The summed E-state index contributed by atoms with van der Waals surface area (Å²) >= 11 is 0. The summed E-state index contributed by atoms with van der Waals surface area (Å²) < 4.78 is 5.46. The van der Waals surface area contributed by atoms with Crippen molar-refractivity contribution >= 4 is 17.5 Å². The number of nitrogens with one attached hydrogen (secondary N) is 2. The van der Waals surface area contributed by atoms with E-state index in [0.29, 0.717) is 30.1 Å². The average Bonchev–Trinajstić information content (AvgIpc) is 2.44. The van der Waals surface area contributed by atoms with Gasteiger partial charge in [-0.15, -0.1) is 0 Å². The number of benzene rings is 1. The van der Waals surface area contributed by atoms with Gasteiger partial charge in [0.25, 0.3) is 11.8 Å². The third kappa shape index (κ3) is 2.71. The van der Waals surface area contributed by atoms with E-state index in [1.54, 1.807) is 18.2 Å². The van der Waals surface area contributed by atoms with Crippen LogP contribution in [-0.4, -0.2) is 48.5 Å². The van der Waals surface area contributed by atoms with Crippen LogP contribution in [0.3, 0.4) is 0 Å². The van der Waals surface area contributed by atoms with Crippen LogP contribution in [0.2, 0.25) is 0 Å². The SMILES string of the molecule is C[C@H]1CN(C(=O)c2cccc3c2OCC(=O)N3)C[C@H](C)N1. The molecule has 0 aromatic heterocycles. The second-order valence-electron chi connectivity index (χ2n) is 5.70. The minimum Gasteiger partial charge on any atom is -0.481 e. The fourth-order valence-corrected chi connectivity index (χ4v) is 2.95. The summed E-state index contributed by atoms with van der Waals surface area (Å²) in [7, 11) is 0. The van der Waals surface area contributed by atoms with Crippen LogP contribution in [0, 0.1) is 0 Å². The molecule has 2 atom stereocenters. The van der Waals surface area contributed by atoms with Crippen molar-refractivity contribution in [1.29, 1.82) is 0 Å². The van der Waals surface area contributed by atoms with Crippen molar-refractivity contribution in [2.24, 2.45) is 0 Å². The molecule has 2 amide bonds.